The number of imidazole rings is 1. The molecule has 2 aromatic carbocycles. The number of anilines is 3. The second-order valence-corrected chi connectivity index (χ2v) is 12.7. The summed E-state index contributed by atoms with van der Waals surface area (Å²) in [7, 11) is 0. The third-order valence-corrected chi connectivity index (χ3v) is 8.21. The fourth-order valence-corrected chi connectivity index (χ4v) is 5.60. The average Bonchev–Trinajstić information content (AvgIpc) is 3.39. The molecule has 2 aromatic heterocycles. The Labute approximate surface area is 249 Å². The highest BCUT2D eigenvalue weighted by molar-refractivity contribution is 5.87. The topological polar surface area (TPSA) is 85.2 Å². The number of benzene rings is 2. The monoisotopic (exact) mass is 568 g/mol. The molecule has 0 saturated carbocycles. The number of esters is 1. The van der Waals surface area contributed by atoms with Crippen molar-refractivity contribution in [3.63, 3.8) is 0 Å². The van der Waals surface area contributed by atoms with E-state index < -0.39 is 0 Å². The molecule has 1 saturated heterocycles. The summed E-state index contributed by atoms with van der Waals surface area (Å²) >= 11 is 0. The van der Waals surface area contributed by atoms with E-state index in [0.717, 1.165) is 48.5 Å². The van der Waals surface area contributed by atoms with Crippen molar-refractivity contribution in [2.75, 3.05) is 29.9 Å². The maximum Gasteiger partial charge on any atom is 0.310 e. The Bertz CT molecular complexity index is 1540. The van der Waals surface area contributed by atoms with Crippen molar-refractivity contribution in [1.29, 1.82) is 0 Å². The van der Waals surface area contributed by atoms with Gasteiger partial charge in [-0.2, -0.15) is 9.97 Å². The number of fused-ring (bicyclic) bond motifs is 1. The van der Waals surface area contributed by atoms with Crippen molar-refractivity contribution in [3.05, 3.63) is 71.0 Å². The largest absolute Gasteiger partial charge is 0.466 e. The zero-order chi connectivity index (χ0) is 30.0. The molecule has 222 valence electrons. The molecule has 4 aromatic rings. The lowest BCUT2D eigenvalue weighted by molar-refractivity contribution is -0.142. The van der Waals surface area contributed by atoms with Crippen LogP contribution in [0, 0.1) is 6.92 Å². The molecule has 8 heteroatoms. The minimum absolute atomic E-state index is 0.0432. The lowest BCUT2D eigenvalue weighted by Gasteiger charge is -2.32. The Balaban J connectivity index is 1.38. The lowest BCUT2D eigenvalue weighted by Crippen LogP contribution is -2.34. The fraction of sp³-hybridized carbons (Fsp3) is 0.471. The Hall–Kier alpha value is -3.94. The predicted molar refractivity (Wildman–Crippen MR) is 170 cm³/mol. The van der Waals surface area contributed by atoms with Gasteiger partial charge in [-0.05, 0) is 80.2 Å². The zero-order valence-electron chi connectivity index (χ0n) is 26.1. The third kappa shape index (κ3) is 6.42. The molecular weight excluding hydrogens is 524 g/mol. The van der Waals surface area contributed by atoms with Crippen molar-refractivity contribution in [1.82, 2.24) is 19.5 Å². The van der Waals surface area contributed by atoms with Gasteiger partial charge in [0, 0.05) is 24.8 Å². The van der Waals surface area contributed by atoms with Crippen LogP contribution in [-0.2, 0) is 21.4 Å². The molecule has 3 heterocycles. The molecule has 0 unspecified atom stereocenters. The van der Waals surface area contributed by atoms with Gasteiger partial charge in [0.1, 0.15) is 5.52 Å². The van der Waals surface area contributed by atoms with Gasteiger partial charge in [0.05, 0.1) is 19.4 Å². The van der Waals surface area contributed by atoms with Crippen LogP contribution in [0.1, 0.15) is 88.6 Å². The molecule has 0 bridgehead atoms. The van der Waals surface area contributed by atoms with Gasteiger partial charge in [-0.15, -0.1) is 0 Å². The summed E-state index contributed by atoms with van der Waals surface area (Å²) in [5.41, 5.74) is 7.46. The van der Waals surface area contributed by atoms with E-state index in [2.05, 4.69) is 98.8 Å². The van der Waals surface area contributed by atoms with Crippen molar-refractivity contribution in [2.45, 2.75) is 85.1 Å². The SMILES string of the molecule is CCOC(=O)Cc1ccc(C2CCN(c3nc(Nc4cc(C(C)(C)C)ccc4C)c4c(ncn4C(C)C)n3)CC2)cc1. The van der Waals surface area contributed by atoms with Crippen LogP contribution < -0.4 is 10.2 Å². The molecule has 1 aliphatic heterocycles. The van der Waals surface area contributed by atoms with Crippen LogP contribution >= 0.6 is 0 Å². The molecule has 1 N–H and O–H groups in total. The Morgan fingerprint density at radius 3 is 2.43 bits per heavy atom. The first-order valence-corrected chi connectivity index (χ1v) is 15.2. The van der Waals surface area contributed by atoms with E-state index in [1.54, 1.807) is 0 Å². The van der Waals surface area contributed by atoms with Gasteiger partial charge in [-0.25, -0.2) is 4.98 Å². The molecule has 8 nitrogen and oxygen atoms in total. The quantitative estimate of drug-likeness (QED) is 0.224. The summed E-state index contributed by atoms with van der Waals surface area (Å²) in [6, 6.07) is 15.3. The van der Waals surface area contributed by atoms with Gasteiger partial charge in [0.15, 0.2) is 11.5 Å². The number of rotatable bonds is 8. The minimum Gasteiger partial charge on any atom is -0.466 e. The van der Waals surface area contributed by atoms with Crippen molar-refractivity contribution in [2.24, 2.45) is 0 Å². The number of hydrogen-bond acceptors (Lipinski definition) is 7. The molecule has 5 rings (SSSR count). The number of aryl methyl sites for hydroxylation is 1. The summed E-state index contributed by atoms with van der Waals surface area (Å²) in [5, 5.41) is 3.68. The summed E-state index contributed by atoms with van der Waals surface area (Å²) < 4.78 is 7.23. The highest BCUT2D eigenvalue weighted by atomic mass is 16.5. The molecule has 1 fully saturated rings. The van der Waals surface area contributed by atoms with E-state index in [4.69, 9.17) is 19.7 Å². The van der Waals surface area contributed by atoms with E-state index in [1.807, 2.05) is 13.3 Å². The minimum atomic E-state index is -0.181. The van der Waals surface area contributed by atoms with Crippen LogP contribution in [0.15, 0.2) is 48.8 Å². The number of hydrogen-bond donors (Lipinski definition) is 1. The standard InChI is InChI=1S/C34H44N6O2/c1-8-42-29(41)19-24-10-12-25(13-11-24)26-15-17-39(18-16-26)33-37-31-30(40(21-35-31)22(2)3)32(38-33)36-28-20-27(34(5,6)7)14-9-23(28)4/h9-14,20-22,26H,8,15-19H2,1-7H3,(H,36,37,38). The van der Waals surface area contributed by atoms with Crippen LogP contribution in [0.3, 0.4) is 0 Å². The molecule has 0 spiro atoms. The summed E-state index contributed by atoms with van der Waals surface area (Å²) in [5.74, 6) is 1.78. The van der Waals surface area contributed by atoms with E-state index in [-0.39, 0.29) is 17.4 Å². The van der Waals surface area contributed by atoms with Gasteiger partial charge in [0.2, 0.25) is 5.95 Å². The fourth-order valence-electron chi connectivity index (χ4n) is 5.60. The van der Waals surface area contributed by atoms with Crippen LogP contribution in [0.5, 0.6) is 0 Å². The molecule has 0 amide bonds. The first kappa shape index (κ1) is 29.5. The van der Waals surface area contributed by atoms with Crippen LogP contribution in [0.2, 0.25) is 0 Å². The third-order valence-electron chi connectivity index (χ3n) is 8.21. The summed E-state index contributed by atoms with van der Waals surface area (Å²) in [6.07, 6.45) is 4.20. The van der Waals surface area contributed by atoms with Crippen LogP contribution in [-0.4, -0.2) is 45.2 Å². The Morgan fingerprint density at radius 2 is 1.79 bits per heavy atom. The van der Waals surface area contributed by atoms with Gasteiger partial charge in [-0.3, -0.25) is 4.79 Å². The number of carbonyl (C=O) groups is 1. The Morgan fingerprint density at radius 1 is 1.07 bits per heavy atom. The highest BCUT2D eigenvalue weighted by Crippen LogP contribution is 2.34. The smallest absolute Gasteiger partial charge is 0.310 e. The Kier molecular flexibility index (Phi) is 8.53. The lowest BCUT2D eigenvalue weighted by atomic mass is 9.86. The molecule has 1 aliphatic rings. The van der Waals surface area contributed by atoms with Gasteiger partial charge < -0.3 is 19.5 Å². The predicted octanol–water partition coefficient (Wildman–Crippen LogP) is 7.25. The molecule has 0 aliphatic carbocycles. The normalized spacial score (nSPS) is 14.5. The van der Waals surface area contributed by atoms with E-state index >= 15 is 0 Å². The number of nitrogens with zero attached hydrogens (tertiary/aromatic N) is 5. The highest BCUT2D eigenvalue weighted by Gasteiger charge is 2.25. The molecule has 0 atom stereocenters. The molecule has 0 radical (unpaired) electrons. The van der Waals surface area contributed by atoms with Gasteiger partial charge in [-0.1, -0.05) is 57.2 Å². The summed E-state index contributed by atoms with van der Waals surface area (Å²) in [4.78, 5) is 28.9. The van der Waals surface area contributed by atoms with E-state index in [1.165, 1.54) is 16.7 Å². The van der Waals surface area contributed by atoms with Crippen LogP contribution in [0.4, 0.5) is 17.5 Å². The molecule has 42 heavy (non-hydrogen) atoms. The number of ether oxygens (including phenoxy) is 1. The van der Waals surface area contributed by atoms with Crippen molar-refractivity contribution >= 4 is 34.6 Å². The number of nitrogens with one attached hydrogen (secondary N) is 1. The van der Waals surface area contributed by atoms with Crippen molar-refractivity contribution < 1.29 is 9.53 Å². The van der Waals surface area contributed by atoms with E-state index in [9.17, 15) is 4.79 Å². The van der Waals surface area contributed by atoms with Crippen LogP contribution in [0.25, 0.3) is 11.2 Å². The van der Waals surface area contributed by atoms with Crippen molar-refractivity contribution in [3.8, 4) is 0 Å². The average molecular weight is 569 g/mol. The van der Waals surface area contributed by atoms with E-state index in [0.29, 0.717) is 30.5 Å². The second-order valence-electron chi connectivity index (χ2n) is 12.7. The molecular formula is C34H44N6O2. The maximum absolute atomic E-state index is 11.8. The number of carbonyl (C=O) groups excluding carboxylic acids is 1. The van der Waals surface area contributed by atoms with Gasteiger partial charge >= 0.3 is 5.97 Å². The zero-order valence-corrected chi connectivity index (χ0v) is 26.1. The van der Waals surface area contributed by atoms with Gasteiger partial charge in [0.25, 0.3) is 0 Å². The second kappa shape index (κ2) is 12.1. The first-order chi connectivity index (χ1) is 20.0. The number of piperidine rings is 1. The maximum atomic E-state index is 11.8. The summed E-state index contributed by atoms with van der Waals surface area (Å²) in [6.45, 7) is 17.1. The first-order valence-electron chi connectivity index (χ1n) is 15.2. The number of aromatic nitrogens is 4.